The summed E-state index contributed by atoms with van der Waals surface area (Å²) in [4.78, 5) is 0. The van der Waals surface area contributed by atoms with Gasteiger partial charge in [0.25, 0.3) is 0 Å². The van der Waals surface area contributed by atoms with Crippen molar-refractivity contribution < 1.29 is 9.32 Å². The van der Waals surface area contributed by atoms with Crippen molar-refractivity contribution in [1.82, 2.24) is 0 Å². The van der Waals surface area contributed by atoms with Gasteiger partial charge >= 0.3 is 0 Å². The van der Waals surface area contributed by atoms with Crippen molar-refractivity contribution in [2.75, 3.05) is 0 Å². The SMILES string of the molecule is CCCc1ccc(C2(O)CC3CCC(C2)S3=O)cc1. The van der Waals surface area contributed by atoms with Crippen LogP contribution in [0.3, 0.4) is 0 Å². The minimum Gasteiger partial charge on any atom is -0.385 e. The second-order valence-corrected chi connectivity index (χ2v) is 8.03. The number of aryl methyl sites for hydroxylation is 1. The highest BCUT2D eigenvalue weighted by Gasteiger charge is 2.48. The van der Waals surface area contributed by atoms with Crippen LogP contribution in [0.4, 0.5) is 0 Å². The van der Waals surface area contributed by atoms with Crippen molar-refractivity contribution in [3.63, 3.8) is 0 Å². The third-order valence-electron chi connectivity index (χ3n) is 4.63. The molecule has 3 rings (SSSR count). The van der Waals surface area contributed by atoms with E-state index in [1.54, 1.807) is 0 Å². The summed E-state index contributed by atoms with van der Waals surface area (Å²) in [5.74, 6) is 0. The Bertz CT molecular complexity index is 464. The maximum absolute atomic E-state index is 12.0. The van der Waals surface area contributed by atoms with Crippen molar-refractivity contribution in [2.45, 2.75) is 61.5 Å². The summed E-state index contributed by atoms with van der Waals surface area (Å²) in [7, 11) is -0.706. The van der Waals surface area contributed by atoms with Gasteiger partial charge in [-0.05, 0) is 43.2 Å². The second kappa shape index (κ2) is 5.02. The first kappa shape index (κ1) is 13.3. The predicted molar refractivity (Wildman–Crippen MR) is 78.5 cm³/mol. The number of aliphatic hydroxyl groups is 1. The smallest absolute Gasteiger partial charge is 0.0919 e. The van der Waals surface area contributed by atoms with Crippen molar-refractivity contribution in [2.24, 2.45) is 0 Å². The van der Waals surface area contributed by atoms with Crippen LogP contribution < -0.4 is 0 Å². The van der Waals surface area contributed by atoms with Crippen LogP contribution in [0.2, 0.25) is 0 Å². The molecule has 2 nitrogen and oxygen atoms in total. The summed E-state index contributed by atoms with van der Waals surface area (Å²) in [6.07, 6.45) is 5.62. The molecular weight excluding hydrogens is 256 g/mol. The van der Waals surface area contributed by atoms with Gasteiger partial charge in [0.15, 0.2) is 0 Å². The van der Waals surface area contributed by atoms with E-state index >= 15 is 0 Å². The molecule has 2 fully saturated rings. The maximum atomic E-state index is 12.0. The van der Waals surface area contributed by atoms with Crippen LogP contribution in [0.25, 0.3) is 0 Å². The monoisotopic (exact) mass is 278 g/mol. The minimum absolute atomic E-state index is 0.207. The van der Waals surface area contributed by atoms with Crippen molar-refractivity contribution in [3.05, 3.63) is 35.4 Å². The van der Waals surface area contributed by atoms with Gasteiger partial charge in [-0.1, -0.05) is 37.6 Å². The molecule has 1 aromatic carbocycles. The third kappa shape index (κ3) is 2.38. The maximum Gasteiger partial charge on any atom is 0.0919 e. The van der Waals surface area contributed by atoms with E-state index in [-0.39, 0.29) is 10.5 Å². The fraction of sp³-hybridized carbons (Fsp3) is 0.625. The Morgan fingerprint density at radius 3 is 2.32 bits per heavy atom. The Morgan fingerprint density at radius 2 is 1.79 bits per heavy atom. The van der Waals surface area contributed by atoms with Crippen LogP contribution in [0.1, 0.15) is 50.2 Å². The molecule has 1 N–H and O–H groups in total. The normalized spacial score (nSPS) is 37.5. The van der Waals surface area contributed by atoms with Crippen LogP contribution in [0.5, 0.6) is 0 Å². The lowest BCUT2D eigenvalue weighted by atomic mass is 9.85. The lowest BCUT2D eigenvalue weighted by Crippen LogP contribution is -2.40. The van der Waals surface area contributed by atoms with E-state index in [1.807, 2.05) is 0 Å². The van der Waals surface area contributed by atoms with E-state index in [0.29, 0.717) is 12.8 Å². The van der Waals surface area contributed by atoms with Gasteiger partial charge in [-0.25, -0.2) is 0 Å². The van der Waals surface area contributed by atoms with Gasteiger partial charge in [-0.3, -0.25) is 4.21 Å². The molecule has 2 saturated heterocycles. The third-order valence-corrected chi connectivity index (χ3v) is 6.75. The first-order valence-corrected chi connectivity index (χ1v) is 8.61. The van der Waals surface area contributed by atoms with E-state index in [1.165, 1.54) is 5.56 Å². The number of hydrogen-bond acceptors (Lipinski definition) is 2. The molecule has 0 amide bonds. The van der Waals surface area contributed by atoms with Gasteiger partial charge in [0.2, 0.25) is 0 Å². The number of fused-ring (bicyclic) bond motifs is 2. The Hall–Kier alpha value is -0.670. The molecule has 0 aromatic heterocycles. The van der Waals surface area contributed by atoms with Crippen LogP contribution >= 0.6 is 0 Å². The number of hydrogen-bond donors (Lipinski definition) is 1. The Morgan fingerprint density at radius 1 is 1.21 bits per heavy atom. The molecule has 0 radical (unpaired) electrons. The standard InChI is InChI=1S/C16H22O2S/c1-2-3-12-4-6-13(7-5-12)16(17)10-14-8-9-15(11-16)19(14)18/h4-7,14-15,17H,2-3,8-11H2,1H3. The summed E-state index contributed by atoms with van der Waals surface area (Å²) in [6, 6.07) is 8.39. The van der Waals surface area contributed by atoms with E-state index in [4.69, 9.17) is 0 Å². The van der Waals surface area contributed by atoms with Crippen LogP contribution in [0.15, 0.2) is 24.3 Å². The van der Waals surface area contributed by atoms with Gasteiger partial charge in [0.1, 0.15) is 0 Å². The van der Waals surface area contributed by atoms with E-state index in [9.17, 15) is 9.32 Å². The first-order chi connectivity index (χ1) is 9.12. The molecular formula is C16H22O2S. The second-order valence-electron chi connectivity index (χ2n) is 6.04. The summed E-state index contributed by atoms with van der Waals surface area (Å²) < 4.78 is 12.0. The average Bonchev–Trinajstić information content (AvgIpc) is 2.63. The Balaban J connectivity index is 1.83. The van der Waals surface area contributed by atoms with E-state index in [0.717, 1.165) is 31.2 Å². The quantitative estimate of drug-likeness (QED) is 0.923. The predicted octanol–water partition coefficient (Wildman–Crippen LogP) is 2.90. The largest absolute Gasteiger partial charge is 0.385 e. The Kier molecular flexibility index (Phi) is 3.52. The zero-order chi connectivity index (χ0) is 13.5. The highest BCUT2D eigenvalue weighted by atomic mass is 32.2. The number of rotatable bonds is 3. The average molecular weight is 278 g/mol. The minimum atomic E-state index is -0.746. The van der Waals surface area contributed by atoms with Crippen molar-refractivity contribution >= 4 is 10.8 Å². The molecule has 3 heteroatoms. The zero-order valence-electron chi connectivity index (χ0n) is 11.5. The van der Waals surface area contributed by atoms with Crippen LogP contribution in [-0.2, 0) is 22.8 Å². The molecule has 0 spiro atoms. The molecule has 0 saturated carbocycles. The summed E-state index contributed by atoms with van der Waals surface area (Å²) >= 11 is 0. The fourth-order valence-corrected chi connectivity index (χ4v) is 5.75. The lowest BCUT2D eigenvalue weighted by Gasteiger charge is -2.36. The molecule has 2 aliphatic rings. The first-order valence-electron chi connectivity index (χ1n) is 7.33. The van der Waals surface area contributed by atoms with Crippen LogP contribution in [0, 0.1) is 0 Å². The van der Waals surface area contributed by atoms with Gasteiger partial charge in [0.05, 0.1) is 5.60 Å². The molecule has 2 heterocycles. The highest BCUT2D eigenvalue weighted by molar-refractivity contribution is 7.86. The Labute approximate surface area is 117 Å². The van der Waals surface area contributed by atoms with Crippen molar-refractivity contribution in [3.8, 4) is 0 Å². The summed E-state index contributed by atoms with van der Waals surface area (Å²) in [6.45, 7) is 2.18. The van der Waals surface area contributed by atoms with E-state index in [2.05, 4.69) is 31.2 Å². The van der Waals surface area contributed by atoms with Gasteiger partial charge in [0, 0.05) is 21.3 Å². The van der Waals surface area contributed by atoms with E-state index < -0.39 is 16.4 Å². The molecule has 104 valence electrons. The van der Waals surface area contributed by atoms with Gasteiger partial charge in [-0.15, -0.1) is 0 Å². The fourth-order valence-electron chi connectivity index (χ4n) is 3.59. The lowest BCUT2D eigenvalue weighted by molar-refractivity contribution is 0.0184. The molecule has 0 aliphatic carbocycles. The highest BCUT2D eigenvalue weighted by Crippen LogP contribution is 2.45. The summed E-state index contributed by atoms with van der Waals surface area (Å²) in [5.41, 5.74) is 1.60. The molecule has 1 aromatic rings. The molecule has 19 heavy (non-hydrogen) atoms. The molecule has 2 atom stereocenters. The molecule has 2 aliphatic heterocycles. The van der Waals surface area contributed by atoms with Crippen molar-refractivity contribution in [1.29, 1.82) is 0 Å². The van der Waals surface area contributed by atoms with Gasteiger partial charge < -0.3 is 5.11 Å². The number of benzene rings is 1. The zero-order valence-corrected chi connectivity index (χ0v) is 12.3. The molecule has 2 bridgehead atoms. The summed E-state index contributed by atoms with van der Waals surface area (Å²) in [5, 5.41) is 11.3. The van der Waals surface area contributed by atoms with Crippen LogP contribution in [-0.4, -0.2) is 19.8 Å². The topological polar surface area (TPSA) is 37.3 Å². The molecule has 2 unspecified atom stereocenters. The van der Waals surface area contributed by atoms with Gasteiger partial charge in [-0.2, -0.15) is 0 Å².